The van der Waals surface area contributed by atoms with Crippen LogP contribution in [0.4, 0.5) is 10.1 Å². The second-order valence-electron chi connectivity index (χ2n) is 3.11. The van der Waals surface area contributed by atoms with E-state index in [4.69, 9.17) is 0 Å². The van der Waals surface area contributed by atoms with Gasteiger partial charge in [0.25, 0.3) is 0 Å². The summed E-state index contributed by atoms with van der Waals surface area (Å²) in [5, 5.41) is 7.31. The van der Waals surface area contributed by atoms with Crippen molar-refractivity contribution in [2.24, 2.45) is 0 Å². The lowest BCUT2D eigenvalue weighted by atomic mass is 10.2. The minimum absolute atomic E-state index is 0.228. The topological polar surface area (TPSA) is 12.0 Å². The Kier molecular flexibility index (Phi) is 3.38. The lowest BCUT2D eigenvalue weighted by Gasteiger charge is -2.04. The van der Waals surface area contributed by atoms with Gasteiger partial charge in [-0.15, -0.1) is 0 Å². The smallest absolute Gasteiger partial charge is 0.137 e. The van der Waals surface area contributed by atoms with Crippen LogP contribution in [0, 0.1) is 5.82 Å². The number of benzene rings is 1. The van der Waals surface area contributed by atoms with E-state index in [9.17, 15) is 4.39 Å². The van der Waals surface area contributed by atoms with Crippen LogP contribution in [-0.2, 0) is 6.54 Å². The van der Waals surface area contributed by atoms with Gasteiger partial charge < -0.3 is 5.32 Å². The highest BCUT2D eigenvalue weighted by molar-refractivity contribution is 9.10. The minimum atomic E-state index is -0.228. The van der Waals surface area contributed by atoms with E-state index in [0.29, 0.717) is 11.0 Å². The third kappa shape index (κ3) is 2.79. The average molecular weight is 286 g/mol. The van der Waals surface area contributed by atoms with Crippen LogP contribution < -0.4 is 5.32 Å². The lowest BCUT2D eigenvalue weighted by Crippen LogP contribution is -1.98. The number of halogens is 2. The fourth-order valence-electron chi connectivity index (χ4n) is 1.22. The van der Waals surface area contributed by atoms with Gasteiger partial charge in [0.1, 0.15) is 5.82 Å². The average Bonchev–Trinajstić information content (AvgIpc) is 2.73. The Morgan fingerprint density at radius 1 is 1.33 bits per heavy atom. The van der Waals surface area contributed by atoms with Gasteiger partial charge in [-0.05, 0) is 45.1 Å². The summed E-state index contributed by atoms with van der Waals surface area (Å²) in [7, 11) is 0. The van der Waals surface area contributed by atoms with Crippen LogP contribution in [0.2, 0.25) is 0 Å². The quantitative estimate of drug-likeness (QED) is 0.888. The maximum absolute atomic E-state index is 12.9. The molecule has 1 aromatic carbocycles. The molecule has 15 heavy (non-hydrogen) atoms. The summed E-state index contributed by atoms with van der Waals surface area (Å²) in [5.41, 5.74) is 2.15. The van der Waals surface area contributed by atoms with E-state index in [0.717, 1.165) is 11.3 Å². The van der Waals surface area contributed by atoms with Gasteiger partial charge in [-0.2, -0.15) is 11.3 Å². The predicted molar refractivity (Wildman–Crippen MR) is 65.7 cm³/mol. The summed E-state index contributed by atoms with van der Waals surface area (Å²) >= 11 is 4.81. The Hall–Kier alpha value is -0.870. The van der Waals surface area contributed by atoms with Crippen LogP contribution >= 0.6 is 27.3 Å². The number of anilines is 1. The monoisotopic (exact) mass is 285 g/mol. The zero-order chi connectivity index (χ0) is 10.7. The molecule has 1 aromatic heterocycles. The normalized spacial score (nSPS) is 10.3. The van der Waals surface area contributed by atoms with Crippen LogP contribution in [0.15, 0.2) is 39.5 Å². The van der Waals surface area contributed by atoms with Gasteiger partial charge in [-0.25, -0.2) is 4.39 Å². The molecule has 0 spiro atoms. The minimum Gasteiger partial charge on any atom is -0.380 e. The first kappa shape index (κ1) is 10.6. The predicted octanol–water partition coefficient (Wildman–Crippen LogP) is 4.26. The van der Waals surface area contributed by atoms with E-state index in [1.165, 1.54) is 6.07 Å². The second kappa shape index (κ2) is 4.77. The van der Waals surface area contributed by atoms with Gasteiger partial charge in [0.2, 0.25) is 0 Å². The molecule has 1 N–H and O–H groups in total. The van der Waals surface area contributed by atoms with Crippen molar-refractivity contribution < 1.29 is 4.39 Å². The van der Waals surface area contributed by atoms with Crippen molar-refractivity contribution in [2.75, 3.05) is 5.32 Å². The molecular formula is C11H9BrFNS. The molecule has 0 saturated heterocycles. The van der Waals surface area contributed by atoms with Gasteiger partial charge in [-0.1, -0.05) is 6.07 Å². The highest BCUT2D eigenvalue weighted by Crippen LogP contribution is 2.18. The molecule has 0 unspecified atom stereocenters. The van der Waals surface area contributed by atoms with Crippen molar-refractivity contribution in [1.82, 2.24) is 0 Å². The van der Waals surface area contributed by atoms with Crippen molar-refractivity contribution in [2.45, 2.75) is 6.54 Å². The third-order valence-electron chi connectivity index (χ3n) is 2.00. The molecule has 0 saturated carbocycles. The zero-order valence-corrected chi connectivity index (χ0v) is 10.2. The molecular weight excluding hydrogens is 277 g/mol. The third-order valence-corrected chi connectivity index (χ3v) is 3.29. The fraction of sp³-hybridized carbons (Fsp3) is 0.0909. The molecule has 1 nitrogen and oxygen atoms in total. The van der Waals surface area contributed by atoms with Crippen LogP contribution in [0.1, 0.15) is 5.56 Å². The number of rotatable bonds is 3. The summed E-state index contributed by atoms with van der Waals surface area (Å²) in [6.45, 7) is 0.704. The first-order valence-corrected chi connectivity index (χ1v) is 6.19. The number of hydrogen-bond acceptors (Lipinski definition) is 2. The summed E-state index contributed by atoms with van der Waals surface area (Å²) in [6.07, 6.45) is 0. The Bertz CT molecular complexity index is 442. The number of hydrogen-bond donors (Lipinski definition) is 1. The zero-order valence-electron chi connectivity index (χ0n) is 7.84. The summed E-state index contributed by atoms with van der Waals surface area (Å²) in [4.78, 5) is 0. The Balaban J connectivity index is 2.02. The first-order valence-electron chi connectivity index (χ1n) is 4.46. The number of nitrogens with one attached hydrogen (secondary N) is 1. The van der Waals surface area contributed by atoms with Crippen LogP contribution in [-0.4, -0.2) is 0 Å². The highest BCUT2D eigenvalue weighted by atomic mass is 79.9. The molecule has 0 aliphatic carbocycles. The molecule has 0 aliphatic heterocycles. The SMILES string of the molecule is Fc1ccc(CNc2ccsc2)cc1Br. The number of thiophene rings is 1. The largest absolute Gasteiger partial charge is 0.380 e. The van der Waals surface area contributed by atoms with E-state index in [-0.39, 0.29) is 5.82 Å². The summed E-state index contributed by atoms with van der Waals surface area (Å²) in [5.74, 6) is -0.228. The molecule has 0 bridgehead atoms. The maximum atomic E-state index is 12.9. The molecule has 0 aliphatic rings. The molecule has 0 radical (unpaired) electrons. The van der Waals surface area contributed by atoms with Gasteiger partial charge in [0.05, 0.1) is 4.47 Å². The lowest BCUT2D eigenvalue weighted by molar-refractivity contribution is 0.620. The molecule has 78 valence electrons. The van der Waals surface area contributed by atoms with Gasteiger partial charge in [0, 0.05) is 17.6 Å². The molecule has 2 rings (SSSR count). The molecule has 2 aromatic rings. The van der Waals surface area contributed by atoms with E-state index in [1.807, 2.05) is 16.8 Å². The molecule has 0 fully saturated rings. The summed E-state index contributed by atoms with van der Waals surface area (Å²) < 4.78 is 13.5. The van der Waals surface area contributed by atoms with Crippen LogP contribution in [0.25, 0.3) is 0 Å². The molecule has 4 heteroatoms. The van der Waals surface area contributed by atoms with E-state index in [1.54, 1.807) is 23.5 Å². The van der Waals surface area contributed by atoms with Crippen molar-refractivity contribution in [3.8, 4) is 0 Å². The van der Waals surface area contributed by atoms with Crippen molar-refractivity contribution in [1.29, 1.82) is 0 Å². The van der Waals surface area contributed by atoms with Crippen molar-refractivity contribution in [3.05, 3.63) is 50.9 Å². The Morgan fingerprint density at radius 3 is 2.87 bits per heavy atom. The highest BCUT2D eigenvalue weighted by Gasteiger charge is 2.00. The van der Waals surface area contributed by atoms with E-state index < -0.39 is 0 Å². The second-order valence-corrected chi connectivity index (χ2v) is 4.75. The maximum Gasteiger partial charge on any atom is 0.137 e. The van der Waals surface area contributed by atoms with Crippen LogP contribution in [0.5, 0.6) is 0 Å². The van der Waals surface area contributed by atoms with Crippen LogP contribution in [0.3, 0.4) is 0 Å². The standard InChI is InChI=1S/C11H9BrFNS/c12-10-5-8(1-2-11(10)13)6-14-9-3-4-15-7-9/h1-5,7,14H,6H2. The van der Waals surface area contributed by atoms with Gasteiger partial charge in [-0.3, -0.25) is 0 Å². The fourth-order valence-corrected chi connectivity index (χ4v) is 2.26. The van der Waals surface area contributed by atoms with E-state index in [2.05, 4.69) is 21.2 Å². The Labute approximate surface area is 100 Å². The molecule has 0 amide bonds. The first-order chi connectivity index (χ1) is 7.25. The van der Waals surface area contributed by atoms with Crippen molar-refractivity contribution >= 4 is 33.0 Å². The van der Waals surface area contributed by atoms with Gasteiger partial charge in [0.15, 0.2) is 0 Å². The Morgan fingerprint density at radius 2 is 2.20 bits per heavy atom. The summed E-state index contributed by atoms with van der Waals surface area (Å²) in [6, 6.07) is 7.05. The van der Waals surface area contributed by atoms with Crippen molar-refractivity contribution in [3.63, 3.8) is 0 Å². The van der Waals surface area contributed by atoms with Gasteiger partial charge >= 0.3 is 0 Å². The molecule has 0 atom stereocenters. The molecule has 1 heterocycles. The van der Waals surface area contributed by atoms with E-state index >= 15 is 0 Å².